The van der Waals surface area contributed by atoms with E-state index in [0.717, 1.165) is 17.1 Å². The number of piperazine rings is 1. The molecule has 1 aromatic carbocycles. The summed E-state index contributed by atoms with van der Waals surface area (Å²) >= 11 is 0. The van der Waals surface area contributed by atoms with Crippen molar-refractivity contribution in [3.8, 4) is 11.3 Å². The number of methoxy groups -OCH3 is 2. The number of carbonyl (C=O) groups excluding carboxylic acids is 2. The monoisotopic (exact) mass is 441 g/mol. The quantitative estimate of drug-likeness (QED) is 0.578. The summed E-state index contributed by atoms with van der Waals surface area (Å²) in [4.78, 5) is 30.3. The highest BCUT2D eigenvalue weighted by Crippen LogP contribution is 2.20. The molecule has 1 saturated heterocycles. The van der Waals surface area contributed by atoms with Crippen LogP contribution in [0.2, 0.25) is 0 Å². The van der Waals surface area contributed by atoms with Crippen LogP contribution < -0.4 is 4.90 Å². The summed E-state index contributed by atoms with van der Waals surface area (Å²) in [6.07, 6.45) is 0. The van der Waals surface area contributed by atoms with Gasteiger partial charge in [0.25, 0.3) is 0 Å². The van der Waals surface area contributed by atoms with E-state index < -0.39 is 0 Å². The fraction of sp³-hybridized carbons (Fsp3) is 0.478. The molecule has 1 fully saturated rings. The molecule has 0 unspecified atom stereocenters. The summed E-state index contributed by atoms with van der Waals surface area (Å²) in [5.74, 6) is 0.497. The van der Waals surface area contributed by atoms with Crippen LogP contribution in [0.25, 0.3) is 11.3 Å². The van der Waals surface area contributed by atoms with E-state index in [2.05, 4.69) is 34.2 Å². The largest absolute Gasteiger partial charge is 0.383 e. The number of hydrogen-bond donors (Lipinski definition) is 0. The Morgan fingerprint density at radius 1 is 0.969 bits per heavy atom. The molecule has 32 heavy (non-hydrogen) atoms. The van der Waals surface area contributed by atoms with Gasteiger partial charge in [-0.1, -0.05) is 29.8 Å². The minimum absolute atomic E-state index is 0.0244. The lowest BCUT2D eigenvalue weighted by atomic mass is 10.1. The molecule has 2 aromatic rings. The first-order valence-electron chi connectivity index (χ1n) is 10.7. The lowest BCUT2D eigenvalue weighted by Gasteiger charge is -2.36. The van der Waals surface area contributed by atoms with Crippen LogP contribution in [0.15, 0.2) is 36.4 Å². The van der Waals surface area contributed by atoms with Crippen molar-refractivity contribution in [1.82, 2.24) is 20.0 Å². The van der Waals surface area contributed by atoms with Crippen LogP contribution in [0.5, 0.6) is 0 Å². The summed E-state index contributed by atoms with van der Waals surface area (Å²) in [5.41, 5.74) is 3.07. The third-order valence-electron chi connectivity index (χ3n) is 5.47. The Hall–Kier alpha value is -3.04. The Bertz CT molecular complexity index is 880. The predicted molar refractivity (Wildman–Crippen MR) is 121 cm³/mol. The van der Waals surface area contributed by atoms with Gasteiger partial charge in [-0.25, -0.2) is 0 Å². The zero-order valence-corrected chi connectivity index (χ0v) is 19.0. The van der Waals surface area contributed by atoms with Gasteiger partial charge in [-0.2, -0.15) is 0 Å². The Morgan fingerprint density at radius 3 is 2.28 bits per heavy atom. The van der Waals surface area contributed by atoms with Gasteiger partial charge >= 0.3 is 0 Å². The molecule has 0 saturated carbocycles. The molecule has 0 N–H and O–H groups in total. The zero-order chi connectivity index (χ0) is 22.9. The van der Waals surface area contributed by atoms with E-state index in [0.29, 0.717) is 39.3 Å². The number of carbonyl (C=O) groups is 2. The Balaban J connectivity index is 1.54. The van der Waals surface area contributed by atoms with Crippen LogP contribution in [0.3, 0.4) is 0 Å². The van der Waals surface area contributed by atoms with Crippen LogP contribution in [-0.4, -0.2) is 98.5 Å². The number of aryl methyl sites for hydroxylation is 1. The van der Waals surface area contributed by atoms with Gasteiger partial charge in [-0.05, 0) is 19.1 Å². The minimum Gasteiger partial charge on any atom is -0.383 e. The van der Waals surface area contributed by atoms with Gasteiger partial charge in [0.05, 0.1) is 18.8 Å². The van der Waals surface area contributed by atoms with E-state index >= 15 is 0 Å². The van der Waals surface area contributed by atoms with Gasteiger partial charge in [-0.3, -0.25) is 9.59 Å². The van der Waals surface area contributed by atoms with Crippen molar-refractivity contribution in [3.05, 3.63) is 42.0 Å². The average Bonchev–Trinajstić information content (AvgIpc) is 2.82. The second-order valence-corrected chi connectivity index (χ2v) is 7.75. The lowest BCUT2D eigenvalue weighted by Crippen LogP contribution is -2.52. The minimum atomic E-state index is -0.222. The number of rotatable bonds is 9. The van der Waals surface area contributed by atoms with Gasteiger partial charge in [-0.15, -0.1) is 10.2 Å². The molecular formula is C23H31N5O4. The van der Waals surface area contributed by atoms with Crippen molar-refractivity contribution in [1.29, 1.82) is 0 Å². The van der Waals surface area contributed by atoms with E-state index in [1.165, 1.54) is 17.6 Å². The molecule has 0 radical (unpaired) electrons. The van der Waals surface area contributed by atoms with Crippen LogP contribution in [0.4, 0.5) is 5.82 Å². The summed E-state index contributed by atoms with van der Waals surface area (Å²) in [6, 6.07) is 12.1. The normalized spacial score (nSPS) is 13.8. The number of anilines is 1. The Morgan fingerprint density at radius 2 is 1.69 bits per heavy atom. The lowest BCUT2D eigenvalue weighted by molar-refractivity contribution is -0.143. The van der Waals surface area contributed by atoms with Crippen molar-refractivity contribution in [3.63, 3.8) is 0 Å². The van der Waals surface area contributed by atoms with Gasteiger partial charge < -0.3 is 24.2 Å². The van der Waals surface area contributed by atoms with Gasteiger partial charge in [0, 0.05) is 52.5 Å². The van der Waals surface area contributed by atoms with Gasteiger partial charge in [0.15, 0.2) is 5.82 Å². The molecule has 1 aliphatic rings. The van der Waals surface area contributed by atoms with E-state index in [1.54, 1.807) is 12.0 Å². The van der Waals surface area contributed by atoms with Crippen molar-refractivity contribution < 1.29 is 19.1 Å². The van der Waals surface area contributed by atoms with E-state index in [1.807, 2.05) is 24.3 Å². The molecule has 172 valence electrons. The molecule has 9 heteroatoms. The molecule has 3 rings (SSSR count). The first-order valence-corrected chi connectivity index (χ1v) is 10.7. The third-order valence-corrected chi connectivity index (χ3v) is 5.47. The average molecular weight is 442 g/mol. The molecule has 0 aliphatic carbocycles. The number of hydrogen-bond acceptors (Lipinski definition) is 7. The molecule has 0 bridgehead atoms. The number of nitrogens with zero attached hydrogens (tertiary/aromatic N) is 5. The molecule has 0 atom stereocenters. The topological polar surface area (TPSA) is 88.1 Å². The Kier molecular flexibility index (Phi) is 8.52. The maximum absolute atomic E-state index is 12.8. The van der Waals surface area contributed by atoms with Crippen molar-refractivity contribution in [2.45, 2.75) is 6.92 Å². The molecule has 2 amide bonds. The summed E-state index contributed by atoms with van der Waals surface area (Å²) in [6.45, 7) is 5.20. The molecule has 9 nitrogen and oxygen atoms in total. The standard InChI is InChI=1S/C23H31N5O4/c1-18-4-6-19(7-5-18)20-8-9-21(25-24-20)26-10-12-27(13-11-26)22(29)16-28(14-15-31-2)23(30)17-32-3/h4-9H,10-17H2,1-3H3. The van der Waals surface area contributed by atoms with E-state index in [-0.39, 0.29) is 25.0 Å². The highest BCUT2D eigenvalue weighted by molar-refractivity contribution is 5.85. The Labute approximate surface area is 188 Å². The molecular weight excluding hydrogens is 410 g/mol. The zero-order valence-electron chi connectivity index (χ0n) is 19.0. The number of amides is 2. The molecule has 1 aliphatic heterocycles. The van der Waals surface area contributed by atoms with Crippen molar-refractivity contribution >= 4 is 17.6 Å². The second-order valence-electron chi connectivity index (χ2n) is 7.75. The van der Waals surface area contributed by atoms with E-state index in [4.69, 9.17) is 9.47 Å². The molecule has 1 aromatic heterocycles. The van der Waals surface area contributed by atoms with Crippen LogP contribution in [-0.2, 0) is 19.1 Å². The SMILES string of the molecule is COCCN(CC(=O)N1CCN(c2ccc(-c3ccc(C)cc3)nn2)CC1)C(=O)COC. The van der Waals surface area contributed by atoms with Crippen LogP contribution in [0.1, 0.15) is 5.56 Å². The first-order chi connectivity index (χ1) is 15.5. The van der Waals surface area contributed by atoms with Gasteiger partial charge in [0.1, 0.15) is 6.61 Å². The summed E-state index contributed by atoms with van der Waals surface area (Å²) < 4.78 is 9.97. The van der Waals surface area contributed by atoms with Crippen molar-refractivity contribution in [2.75, 3.05) is 71.6 Å². The number of ether oxygens (including phenoxy) is 2. The maximum atomic E-state index is 12.8. The highest BCUT2D eigenvalue weighted by atomic mass is 16.5. The maximum Gasteiger partial charge on any atom is 0.249 e. The fourth-order valence-corrected chi connectivity index (χ4v) is 3.53. The van der Waals surface area contributed by atoms with E-state index in [9.17, 15) is 9.59 Å². The number of aromatic nitrogens is 2. The third kappa shape index (κ3) is 6.24. The molecule has 2 heterocycles. The fourth-order valence-electron chi connectivity index (χ4n) is 3.53. The smallest absolute Gasteiger partial charge is 0.249 e. The highest BCUT2D eigenvalue weighted by Gasteiger charge is 2.25. The molecule has 0 spiro atoms. The second kappa shape index (κ2) is 11.5. The first kappa shape index (κ1) is 23.6. The number of benzene rings is 1. The van der Waals surface area contributed by atoms with Crippen molar-refractivity contribution in [2.24, 2.45) is 0 Å². The van der Waals surface area contributed by atoms with Crippen LogP contribution >= 0.6 is 0 Å². The summed E-state index contributed by atoms with van der Waals surface area (Å²) in [5, 5.41) is 8.76. The summed E-state index contributed by atoms with van der Waals surface area (Å²) in [7, 11) is 3.03. The van der Waals surface area contributed by atoms with Gasteiger partial charge in [0.2, 0.25) is 11.8 Å². The van der Waals surface area contributed by atoms with Crippen LogP contribution in [0, 0.1) is 6.92 Å². The predicted octanol–water partition coefficient (Wildman–Crippen LogP) is 1.22.